The summed E-state index contributed by atoms with van der Waals surface area (Å²) in [6, 6.07) is 0.195. The summed E-state index contributed by atoms with van der Waals surface area (Å²) in [6.07, 6.45) is 3.92. The van der Waals surface area contributed by atoms with E-state index in [1.165, 1.54) is 0 Å². The number of hydrogen-bond donors (Lipinski definition) is 1. The number of methoxy groups -OCH3 is 1. The number of nitrogens with one attached hydrogen (secondary N) is 1. The molecule has 0 bridgehead atoms. The molecule has 1 rings (SSSR count). The Morgan fingerprint density at radius 1 is 1.38 bits per heavy atom. The van der Waals surface area contributed by atoms with E-state index in [4.69, 9.17) is 4.74 Å². The van der Waals surface area contributed by atoms with Crippen LogP contribution in [0.15, 0.2) is 0 Å². The second-order valence-corrected chi connectivity index (χ2v) is 4.03. The highest BCUT2D eigenvalue weighted by atomic mass is 16.5. The molecule has 0 aromatic heterocycles. The lowest BCUT2D eigenvalue weighted by molar-refractivity contribution is -0.143. The molecule has 0 saturated heterocycles. The van der Waals surface area contributed by atoms with E-state index in [1.54, 1.807) is 7.11 Å². The van der Waals surface area contributed by atoms with Crippen molar-refractivity contribution in [1.82, 2.24) is 5.32 Å². The van der Waals surface area contributed by atoms with Gasteiger partial charge in [-0.2, -0.15) is 0 Å². The molecular formula is C10H19NO2. The third-order valence-corrected chi connectivity index (χ3v) is 2.64. The highest BCUT2D eigenvalue weighted by Crippen LogP contribution is 2.32. The fraction of sp³-hybridized carbons (Fsp3) is 0.900. The van der Waals surface area contributed by atoms with Crippen LogP contribution in [0.1, 0.15) is 39.5 Å². The molecule has 1 aliphatic rings. The van der Waals surface area contributed by atoms with Crippen LogP contribution in [0.2, 0.25) is 0 Å². The molecule has 1 aliphatic carbocycles. The summed E-state index contributed by atoms with van der Waals surface area (Å²) in [5.74, 6) is 0.0579. The minimum absolute atomic E-state index is 0.0579. The average Bonchev–Trinajstić information content (AvgIpc) is 2.51. The van der Waals surface area contributed by atoms with Gasteiger partial charge >= 0.3 is 0 Å². The summed E-state index contributed by atoms with van der Waals surface area (Å²) in [4.78, 5) is 11.8. The lowest BCUT2D eigenvalue weighted by Gasteiger charge is -2.27. The van der Waals surface area contributed by atoms with Gasteiger partial charge in [-0.1, -0.05) is 0 Å². The van der Waals surface area contributed by atoms with Crippen LogP contribution in [-0.4, -0.2) is 24.7 Å². The van der Waals surface area contributed by atoms with Crippen LogP contribution in [-0.2, 0) is 9.53 Å². The Labute approximate surface area is 79.8 Å². The Morgan fingerprint density at radius 3 is 2.31 bits per heavy atom. The minimum atomic E-state index is -0.524. The number of carbonyl (C=O) groups is 1. The molecule has 0 aromatic rings. The van der Waals surface area contributed by atoms with Gasteiger partial charge in [0.25, 0.3) is 5.91 Å². The van der Waals surface area contributed by atoms with Crippen molar-refractivity contribution >= 4 is 5.91 Å². The smallest absolute Gasteiger partial charge is 0.252 e. The fourth-order valence-corrected chi connectivity index (χ4v) is 1.86. The molecule has 13 heavy (non-hydrogen) atoms. The van der Waals surface area contributed by atoms with E-state index in [2.05, 4.69) is 5.32 Å². The first kappa shape index (κ1) is 10.5. The van der Waals surface area contributed by atoms with Crippen LogP contribution in [0.25, 0.3) is 0 Å². The van der Waals surface area contributed by atoms with Crippen molar-refractivity contribution in [3.63, 3.8) is 0 Å². The standard InChI is InChI=1S/C10H19NO2/c1-8(2)11-9(12)10(13-3)6-4-5-7-10/h8H,4-7H2,1-3H3,(H,11,12). The maximum absolute atomic E-state index is 11.8. The van der Waals surface area contributed by atoms with Crippen LogP contribution >= 0.6 is 0 Å². The largest absolute Gasteiger partial charge is 0.368 e. The predicted octanol–water partition coefficient (Wildman–Crippen LogP) is 1.47. The van der Waals surface area contributed by atoms with E-state index in [1.807, 2.05) is 13.8 Å². The molecule has 3 nitrogen and oxygen atoms in total. The van der Waals surface area contributed by atoms with Crippen molar-refractivity contribution in [2.75, 3.05) is 7.11 Å². The Bertz CT molecular complexity index is 183. The number of amides is 1. The average molecular weight is 185 g/mol. The predicted molar refractivity (Wildman–Crippen MR) is 51.5 cm³/mol. The summed E-state index contributed by atoms with van der Waals surface area (Å²) >= 11 is 0. The quantitative estimate of drug-likeness (QED) is 0.723. The highest BCUT2D eigenvalue weighted by Gasteiger charge is 2.41. The third kappa shape index (κ3) is 2.21. The fourth-order valence-electron chi connectivity index (χ4n) is 1.86. The lowest BCUT2D eigenvalue weighted by Crippen LogP contribution is -2.48. The summed E-state index contributed by atoms with van der Waals surface area (Å²) < 4.78 is 5.35. The number of carbonyl (C=O) groups excluding carboxylic acids is 1. The number of rotatable bonds is 3. The summed E-state index contributed by atoms with van der Waals surface area (Å²) in [7, 11) is 1.63. The second kappa shape index (κ2) is 4.09. The molecule has 1 N–H and O–H groups in total. The van der Waals surface area contributed by atoms with E-state index in [9.17, 15) is 4.79 Å². The first-order valence-corrected chi connectivity index (χ1v) is 4.97. The van der Waals surface area contributed by atoms with Gasteiger partial charge in [-0.15, -0.1) is 0 Å². The van der Waals surface area contributed by atoms with Crippen molar-refractivity contribution in [2.24, 2.45) is 0 Å². The van der Waals surface area contributed by atoms with Gasteiger partial charge in [-0.05, 0) is 39.5 Å². The Hall–Kier alpha value is -0.570. The Morgan fingerprint density at radius 2 is 1.92 bits per heavy atom. The van der Waals surface area contributed by atoms with Gasteiger partial charge in [-0.3, -0.25) is 4.79 Å². The third-order valence-electron chi connectivity index (χ3n) is 2.64. The topological polar surface area (TPSA) is 38.3 Å². The van der Waals surface area contributed by atoms with E-state index in [0.29, 0.717) is 0 Å². The van der Waals surface area contributed by atoms with Crippen molar-refractivity contribution in [2.45, 2.75) is 51.2 Å². The molecule has 0 aliphatic heterocycles. The highest BCUT2D eigenvalue weighted by molar-refractivity contribution is 5.85. The van der Waals surface area contributed by atoms with Crippen LogP contribution < -0.4 is 5.32 Å². The maximum Gasteiger partial charge on any atom is 0.252 e. The first-order chi connectivity index (χ1) is 6.10. The molecule has 0 radical (unpaired) electrons. The summed E-state index contributed by atoms with van der Waals surface area (Å²) in [5.41, 5.74) is -0.524. The zero-order valence-electron chi connectivity index (χ0n) is 8.72. The molecule has 0 atom stereocenters. The number of hydrogen-bond acceptors (Lipinski definition) is 2. The molecule has 76 valence electrons. The lowest BCUT2D eigenvalue weighted by atomic mass is 10.0. The SMILES string of the molecule is COC1(C(=O)NC(C)C)CCCC1. The molecule has 1 fully saturated rings. The summed E-state index contributed by atoms with van der Waals surface area (Å²) in [6.45, 7) is 3.94. The first-order valence-electron chi connectivity index (χ1n) is 4.97. The van der Waals surface area contributed by atoms with E-state index >= 15 is 0 Å². The van der Waals surface area contributed by atoms with Crippen molar-refractivity contribution in [1.29, 1.82) is 0 Å². The van der Waals surface area contributed by atoms with Gasteiger partial charge in [0.05, 0.1) is 0 Å². The van der Waals surface area contributed by atoms with Crippen LogP contribution in [0, 0.1) is 0 Å². The monoisotopic (exact) mass is 185 g/mol. The van der Waals surface area contributed by atoms with Gasteiger partial charge in [0.15, 0.2) is 0 Å². The Balaban J connectivity index is 2.60. The van der Waals surface area contributed by atoms with Crippen molar-refractivity contribution in [3.8, 4) is 0 Å². The maximum atomic E-state index is 11.8. The van der Waals surface area contributed by atoms with E-state index < -0.39 is 5.60 Å². The second-order valence-electron chi connectivity index (χ2n) is 4.03. The number of ether oxygens (including phenoxy) is 1. The van der Waals surface area contributed by atoms with Crippen LogP contribution in [0.5, 0.6) is 0 Å². The Kier molecular flexibility index (Phi) is 3.31. The molecule has 0 heterocycles. The minimum Gasteiger partial charge on any atom is -0.368 e. The normalized spacial score (nSPS) is 20.6. The summed E-state index contributed by atoms with van der Waals surface area (Å²) in [5, 5.41) is 2.91. The molecule has 1 saturated carbocycles. The molecule has 0 unspecified atom stereocenters. The molecule has 3 heteroatoms. The zero-order valence-corrected chi connectivity index (χ0v) is 8.72. The molecule has 0 aromatic carbocycles. The van der Waals surface area contributed by atoms with E-state index in [-0.39, 0.29) is 11.9 Å². The van der Waals surface area contributed by atoms with Gasteiger partial charge in [0, 0.05) is 13.2 Å². The zero-order chi connectivity index (χ0) is 9.90. The van der Waals surface area contributed by atoms with Gasteiger partial charge in [-0.25, -0.2) is 0 Å². The van der Waals surface area contributed by atoms with Crippen molar-refractivity contribution in [3.05, 3.63) is 0 Å². The van der Waals surface area contributed by atoms with Gasteiger partial charge in [0.1, 0.15) is 5.60 Å². The molecule has 0 spiro atoms. The van der Waals surface area contributed by atoms with Gasteiger partial charge in [0.2, 0.25) is 0 Å². The van der Waals surface area contributed by atoms with E-state index in [0.717, 1.165) is 25.7 Å². The van der Waals surface area contributed by atoms with Gasteiger partial charge < -0.3 is 10.1 Å². The molecule has 1 amide bonds. The molecular weight excluding hydrogens is 166 g/mol. The van der Waals surface area contributed by atoms with Crippen LogP contribution in [0.4, 0.5) is 0 Å². The van der Waals surface area contributed by atoms with Crippen LogP contribution in [0.3, 0.4) is 0 Å². The van der Waals surface area contributed by atoms with Crippen molar-refractivity contribution < 1.29 is 9.53 Å².